The molecule has 142 valence electrons. The van der Waals surface area contributed by atoms with Gasteiger partial charge in [-0.25, -0.2) is 4.79 Å². The lowest BCUT2D eigenvalue weighted by atomic mass is 10.1. The molecule has 0 amide bonds. The zero-order valence-electron chi connectivity index (χ0n) is 15.1. The fourth-order valence-electron chi connectivity index (χ4n) is 2.70. The molecule has 2 aromatic carbocycles. The van der Waals surface area contributed by atoms with Crippen molar-refractivity contribution in [3.8, 4) is 23.1 Å². The monoisotopic (exact) mass is 377 g/mol. The fraction of sp³-hybridized carbons (Fsp3) is 0.190. The van der Waals surface area contributed by atoms with Gasteiger partial charge >= 0.3 is 5.97 Å². The first-order valence-corrected chi connectivity index (χ1v) is 8.75. The standard InChI is InChI=1S/C21H19N3O4/c22-14-16-6-8-18(9-7-16)27-12-13-28-21(26)19-15-23-24(10-11-25)20(19)17-4-2-1-3-5-17/h1-9,15,25H,10-13H2. The third-order valence-electron chi connectivity index (χ3n) is 3.99. The number of esters is 1. The van der Waals surface area contributed by atoms with E-state index >= 15 is 0 Å². The van der Waals surface area contributed by atoms with E-state index in [1.165, 1.54) is 6.20 Å². The van der Waals surface area contributed by atoms with Crippen LogP contribution in [0.3, 0.4) is 0 Å². The van der Waals surface area contributed by atoms with Gasteiger partial charge in [0.15, 0.2) is 0 Å². The first kappa shape index (κ1) is 19.1. The lowest BCUT2D eigenvalue weighted by molar-refractivity contribution is 0.0451. The Balaban J connectivity index is 1.63. The Morgan fingerprint density at radius 2 is 1.86 bits per heavy atom. The van der Waals surface area contributed by atoms with Crippen LogP contribution >= 0.6 is 0 Å². The van der Waals surface area contributed by atoms with Crippen molar-refractivity contribution in [3.05, 3.63) is 71.9 Å². The zero-order chi connectivity index (χ0) is 19.8. The van der Waals surface area contributed by atoms with Crippen molar-refractivity contribution in [2.45, 2.75) is 6.54 Å². The van der Waals surface area contributed by atoms with Gasteiger partial charge in [0.1, 0.15) is 24.5 Å². The van der Waals surface area contributed by atoms with Crippen LogP contribution in [0.2, 0.25) is 0 Å². The molecule has 0 saturated carbocycles. The van der Waals surface area contributed by atoms with E-state index in [9.17, 15) is 9.90 Å². The molecular formula is C21H19N3O4. The number of nitrogens with zero attached hydrogens (tertiary/aromatic N) is 3. The van der Waals surface area contributed by atoms with Crippen LogP contribution in [0, 0.1) is 11.3 Å². The Morgan fingerprint density at radius 1 is 1.11 bits per heavy atom. The number of hydrogen-bond donors (Lipinski definition) is 1. The maximum Gasteiger partial charge on any atom is 0.342 e. The van der Waals surface area contributed by atoms with E-state index in [4.69, 9.17) is 14.7 Å². The Kier molecular flexibility index (Phi) is 6.39. The van der Waals surface area contributed by atoms with E-state index < -0.39 is 5.97 Å². The first-order valence-electron chi connectivity index (χ1n) is 8.75. The van der Waals surface area contributed by atoms with Gasteiger partial charge in [-0.15, -0.1) is 0 Å². The minimum Gasteiger partial charge on any atom is -0.490 e. The van der Waals surface area contributed by atoms with Gasteiger partial charge in [0, 0.05) is 5.56 Å². The molecule has 3 rings (SSSR count). The highest BCUT2D eigenvalue weighted by atomic mass is 16.6. The van der Waals surface area contributed by atoms with Gasteiger partial charge < -0.3 is 14.6 Å². The van der Waals surface area contributed by atoms with E-state index in [0.29, 0.717) is 22.6 Å². The molecule has 7 heteroatoms. The van der Waals surface area contributed by atoms with E-state index in [1.54, 1.807) is 28.9 Å². The van der Waals surface area contributed by atoms with Crippen molar-refractivity contribution < 1.29 is 19.4 Å². The molecule has 0 bridgehead atoms. The summed E-state index contributed by atoms with van der Waals surface area (Å²) in [6.07, 6.45) is 1.45. The summed E-state index contributed by atoms with van der Waals surface area (Å²) in [5.41, 5.74) is 2.30. The summed E-state index contributed by atoms with van der Waals surface area (Å²) in [6, 6.07) is 18.1. The molecule has 0 saturated heterocycles. The van der Waals surface area contributed by atoms with Crippen LogP contribution < -0.4 is 4.74 Å². The second-order valence-corrected chi connectivity index (χ2v) is 5.84. The second-order valence-electron chi connectivity index (χ2n) is 5.84. The van der Waals surface area contributed by atoms with Crippen LogP contribution in [0.1, 0.15) is 15.9 Å². The van der Waals surface area contributed by atoms with E-state index in [-0.39, 0.29) is 26.4 Å². The third-order valence-corrected chi connectivity index (χ3v) is 3.99. The van der Waals surface area contributed by atoms with Gasteiger partial charge in [-0.05, 0) is 24.3 Å². The highest BCUT2D eigenvalue weighted by molar-refractivity contribution is 5.96. The van der Waals surface area contributed by atoms with Crippen molar-refractivity contribution in [2.24, 2.45) is 0 Å². The molecule has 0 atom stereocenters. The van der Waals surface area contributed by atoms with Gasteiger partial charge in [0.2, 0.25) is 0 Å². The lowest BCUT2D eigenvalue weighted by Crippen LogP contribution is -2.13. The average Bonchev–Trinajstić information content (AvgIpc) is 3.16. The van der Waals surface area contributed by atoms with Crippen LogP contribution in [0.5, 0.6) is 5.75 Å². The molecule has 28 heavy (non-hydrogen) atoms. The maximum atomic E-state index is 12.5. The number of aromatic nitrogens is 2. The van der Waals surface area contributed by atoms with Crippen LogP contribution in [0.25, 0.3) is 11.3 Å². The van der Waals surface area contributed by atoms with E-state index in [1.807, 2.05) is 36.4 Å². The number of nitriles is 1. The summed E-state index contributed by atoms with van der Waals surface area (Å²) >= 11 is 0. The van der Waals surface area contributed by atoms with Crippen LogP contribution in [-0.2, 0) is 11.3 Å². The number of rotatable bonds is 8. The van der Waals surface area contributed by atoms with Gasteiger partial charge in [-0.2, -0.15) is 10.4 Å². The summed E-state index contributed by atoms with van der Waals surface area (Å²) in [5.74, 6) is 0.0854. The van der Waals surface area contributed by atoms with Crippen molar-refractivity contribution in [1.82, 2.24) is 9.78 Å². The number of carbonyl (C=O) groups is 1. The number of hydrogen-bond acceptors (Lipinski definition) is 6. The topological polar surface area (TPSA) is 97.4 Å². The predicted molar refractivity (Wildman–Crippen MR) is 102 cm³/mol. The molecule has 1 aromatic heterocycles. The highest BCUT2D eigenvalue weighted by Gasteiger charge is 2.20. The lowest BCUT2D eigenvalue weighted by Gasteiger charge is -2.10. The van der Waals surface area contributed by atoms with Gasteiger partial charge in [0.05, 0.1) is 36.7 Å². The summed E-state index contributed by atoms with van der Waals surface area (Å²) in [6.45, 7) is 0.440. The summed E-state index contributed by atoms with van der Waals surface area (Å²) in [7, 11) is 0. The summed E-state index contributed by atoms with van der Waals surface area (Å²) in [4.78, 5) is 12.5. The quantitative estimate of drug-likeness (QED) is 0.479. The highest BCUT2D eigenvalue weighted by Crippen LogP contribution is 2.24. The molecular weight excluding hydrogens is 358 g/mol. The number of ether oxygens (including phenoxy) is 2. The van der Waals surface area contributed by atoms with E-state index in [2.05, 4.69) is 5.10 Å². The Labute approximate surface area is 162 Å². The van der Waals surface area contributed by atoms with E-state index in [0.717, 1.165) is 5.56 Å². The Bertz CT molecular complexity index is 960. The molecule has 0 aliphatic rings. The molecule has 3 aromatic rings. The van der Waals surface area contributed by atoms with Gasteiger partial charge in [0.25, 0.3) is 0 Å². The van der Waals surface area contributed by atoms with Crippen molar-refractivity contribution >= 4 is 5.97 Å². The molecule has 1 N–H and O–H groups in total. The molecule has 0 aliphatic heterocycles. The van der Waals surface area contributed by atoms with Crippen LogP contribution in [0.15, 0.2) is 60.8 Å². The number of carbonyl (C=O) groups excluding carboxylic acids is 1. The van der Waals surface area contributed by atoms with Gasteiger partial charge in [-0.3, -0.25) is 4.68 Å². The molecule has 0 unspecified atom stereocenters. The van der Waals surface area contributed by atoms with Crippen LogP contribution in [-0.4, -0.2) is 40.7 Å². The number of aliphatic hydroxyl groups excluding tert-OH is 1. The largest absolute Gasteiger partial charge is 0.490 e. The number of aliphatic hydroxyl groups is 1. The van der Waals surface area contributed by atoms with Crippen molar-refractivity contribution in [3.63, 3.8) is 0 Å². The summed E-state index contributed by atoms with van der Waals surface area (Å²) < 4.78 is 12.4. The third kappa shape index (κ3) is 4.55. The molecule has 0 radical (unpaired) electrons. The normalized spacial score (nSPS) is 10.3. The Morgan fingerprint density at radius 3 is 2.54 bits per heavy atom. The number of benzene rings is 2. The van der Waals surface area contributed by atoms with Crippen molar-refractivity contribution in [2.75, 3.05) is 19.8 Å². The molecule has 0 fully saturated rings. The van der Waals surface area contributed by atoms with Crippen molar-refractivity contribution in [1.29, 1.82) is 5.26 Å². The van der Waals surface area contributed by atoms with Crippen LogP contribution in [0.4, 0.5) is 0 Å². The van der Waals surface area contributed by atoms with Gasteiger partial charge in [-0.1, -0.05) is 30.3 Å². The minimum atomic E-state index is -0.508. The predicted octanol–water partition coefficient (Wildman–Crippen LogP) is 2.65. The summed E-state index contributed by atoms with van der Waals surface area (Å²) in [5, 5.41) is 22.2. The maximum absolute atomic E-state index is 12.5. The Hall–Kier alpha value is -3.63. The molecule has 1 heterocycles. The smallest absolute Gasteiger partial charge is 0.342 e. The molecule has 0 spiro atoms. The molecule has 7 nitrogen and oxygen atoms in total. The minimum absolute atomic E-state index is 0.0677. The zero-order valence-corrected chi connectivity index (χ0v) is 15.1. The fourth-order valence-corrected chi connectivity index (χ4v) is 2.70. The SMILES string of the molecule is N#Cc1ccc(OCCOC(=O)c2cnn(CCO)c2-c2ccccc2)cc1. The first-order chi connectivity index (χ1) is 13.7. The average molecular weight is 377 g/mol. The molecule has 0 aliphatic carbocycles. The second kappa shape index (κ2) is 9.35.